The Balaban J connectivity index is 1.45. The van der Waals surface area contributed by atoms with Gasteiger partial charge in [0.25, 0.3) is 0 Å². The minimum absolute atomic E-state index is 0.547. The van der Waals surface area contributed by atoms with Crippen LogP contribution in [0.1, 0.15) is 90.4 Å². The predicted octanol–water partition coefficient (Wildman–Crippen LogP) is 5.77. The molecule has 21 heavy (non-hydrogen) atoms. The fourth-order valence-electron chi connectivity index (χ4n) is 5.60. The van der Waals surface area contributed by atoms with Crippen molar-refractivity contribution < 1.29 is 4.79 Å². The van der Waals surface area contributed by atoms with Crippen molar-refractivity contribution in [1.29, 1.82) is 0 Å². The van der Waals surface area contributed by atoms with Gasteiger partial charge in [0, 0.05) is 12.8 Å². The Kier molecular flexibility index (Phi) is 5.40. The molecule has 0 aromatic rings. The van der Waals surface area contributed by atoms with Crippen LogP contribution in [0.25, 0.3) is 0 Å². The average Bonchev–Trinajstić information content (AvgIpc) is 2.53. The fourth-order valence-corrected chi connectivity index (χ4v) is 5.60. The molecule has 1 heteroatoms. The number of Topliss-reactive ketones (excluding diaryl/α,β-unsaturated/α-hetero) is 1. The molecule has 0 saturated heterocycles. The molecule has 0 aromatic carbocycles. The van der Waals surface area contributed by atoms with Gasteiger partial charge >= 0.3 is 0 Å². The van der Waals surface area contributed by atoms with Gasteiger partial charge in [-0.1, -0.05) is 39.0 Å². The molecule has 0 spiro atoms. The van der Waals surface area contributed by atoms with E-state index in [2.05, 4.69) is 6.92 Å². The quantitative estimate of drug-likeness (QED) is 0.642. The Labute approximate surface area is 131 Å². The molecule has 3 unspecified atom stereocenters. The number of fused-ring (bicyclic) bond motifs is 1. The summed E-state index contributed by atoms with van der Waals surface area (Å²) in [7, 11) is 0. The van der Waals surface area contributed by atoms with Crippen molar-refractivity contribution in [1.82, 2.24) is 0 Å². The van der Waals surface area contributed by atoms with Gasteiger partial charge in [-0.3, -0.25) is 4.79 Å². The third-order valence-corrected chi connectivity index (χ3v) is 6.99. The number of ketones is 1. The van der Waals surface area contributed by atoms with Gasteiger partial charge in [0.15, 0.2) is 0 Å². The van der Waals surface area contributed by atoms with E-state index in [0.717, 1.165) is 42.4 Å². The first-order valence-corrected chi connectivity index (χ1v) is 9.78. The van der Waals surface area contributed by atoms with Gasteiger partial charge in [0.05, 0.1) is 0 Å². The molecule has 120 valence electrons. The fraction of sp³-hybridized carbons (Fsp3) is 0.950. The molecule has 3 atom stereocenters. The summed E-state index contributed by atoms with van der Waals surface area (Å²) in [5.74, 6) is 5.30. The highest BCUT2D eigenvalue weighted by molar-refractivity contribution is 5.79. The van der Waals surface area contributed by atoms with Crippen LogP contribution < -0.4 is 0 Å². The Morgan fingerprint density at radius 1 is 0.857 bits per heavy atom. The SMILES string of the molecule is CCCC[C@H]1CC[C@H](C2CCC3CC(=O)CCC3C2)CC1. The summed E-state index contributed by atoms with van der Waals surface area (Å²) in [6.07, 6.45) is 17.6. The second kappa shape index (κ2) is 7.29. The van der Waals surface area contributed by atoms with E-state index in [-0.39, 0.29) is 0 Å². The van der Waals surface area contributed by atoms with Crippen LogP contribution in [0.2, 0.25) is 0 Å². The third kappa shape index (κ3) is 3.90. The van der Waals surface area contributed by atoms with Crippen molar-refractivity contribution in [3.8, 4) is 0 Å². The van der Waals surface area contributed by atoms with Crippen LogP contribution in [0.4, 0.5) is 0 Å². The normalized spacial score (nSPS) is 40.8. The van der Waals surface area contributed by atoms with Gasteiger partial charge in [-0.25, -0.2) is 0 Å². The molecule has 0 amide bonds. The molecule has 3 aliphatic rings. The first kappa shape index (κ1) is 15.6. The number of carbonyl (C=O) groups excluding carboxylic acids is 1. The minimum atomic E-state index is 0.547. The maximum absolute atomic E-state index is 11.6. The Hall–Kier alpha value is -0.330. The lowest BCUT2D eigenvalue weighted by Gasteiger charge is -2.43. The van der Waals surface area contributed by atoms with Gasteiger partial charge in [-0.2, -0.15) is 0 Å². The standard InChI is InChI=1S/C20H34O/c1-2-3-4-15-5-7-16(8-6-15)17-9-10-19-14-20(21)12-11-18(19)13-17/h15-19H,2-14H2,1H3/t15-,16-,17?,18?,19?. The van der Waals surface area contributed by atoms with Gasteiger partial charge in [-0.15, -0.1) is 0 Å². The van der Waals surface area contributed by atoms with Crippen molar-refractivity contribution in [3.63, 3.8) is 0 Å². The van der Waals surface area contributed by atoms with Gasteiger partial charge < -0.3 is 0 Å². The van der Waals surface area contributed by atoms with E-state index in [1.807, 2.05) is 0 Å². The van der Waals surface area contributed by atoms with Crippen LogP contribution in [-0.2, 0) is 4.79 Å². The first-order valence-electron chi connectivity index (χ1n) is 9.78. The van der Waals surface area contributed by atoms with Crippen LogP contribution in [-0.4, -0.2) is 5.78 Å². The summed E-state index contributed by atoms with van der Waals surface area (Å²) in [5.41, 5.74) is 0. The van der Waals surface area contributed by atoms with Crippen LogP contribution in [0.3, 0.4) is 0 Å². The zero-order valence-corrected chi connectivity index (χ0v) is 14.0. The van der Waals surface area contributed by atoms with Gasteiger partial charge in [0.2, 0.25) is 0 Å². The summed E-state index contributed by atoms with van der Waals surface area (Å²) in [6.45, 7) is 2.32. The van der Waals surface area contributed by atoms with Gasteiger partial charge in [0.1, 0.15) is 5.78 Å². The molecule has 0 bridgehead atoms. The first-order chi connectivity index (χ1) is 10.3. The Morgan fingerprint density at radius 2 is 1.52 bits per heavy atom. The summed E-state index contributed by atoms with van der Waals surface area (Å²) in [5, 5.41) is 0. The lowest BCUT2D eigenvalue weighted by Crippen LogP contribution is -2.34. The highest BCUT2D eigenvalue weighted by Crippen LogP contribution is 2.47. The third-order valence-electron chi connectivity index (χ3n) is 6.99. The molecule has 0 aliphatic heterocycles. The van der Waals surface area contributed by atoms with E-state index >= 15 is 0 Å². The van der Waals surface area contributed by atoms with Crippen LogP contribution in [0.15, 0.2) is 0 Å². The van der Waals surface area contributed by atoms with E-state index in [1.165, 1.54) is 70.6 Å². The highest BCUT2D eigenvalue weighted by Gasteiger charge is 2.38. The molecule has 0 N–H and O–H groups in total. The van der Waals surface area contributed by atoms with Crippen LogP contribution in [0, 0.1) is 29.6 Å². The van der Waals surface area contributed by atoms with Crippen LogP contribution in [0.5, 0.6) is 0 Å². The zero-order chi connectivity index (χ0) is 14.7. The topological polar surface area (TPSA) is 17.1 Å². The maximum Gasteiger partial charge on any atom is 0.133 e. The number of carbonyl (C=O) groups is 1. The van der Waals surface area contributed by atoms with Gasteiger partial charge in [-0.05, 0) is 68.1 Å². The zero-order valence-electron chi connectivity index (χ0n) is 14.0. The van der Waals surface area contributed by atoms with E-state index in [4.69, 9.17) is 0 Å². The van der Waals surface area contributed by atoms with Crippen molar-refractivity contribution in [3.05, 3.63) is 0 Å². The Bertz CT molecular complexity index is 340. The average molecular weight is 290 g/mol. The van der Waals surface area contributed by atoms with E-state index in [0.29, 0.717) is 5.78 Å². The van der Waals surface area contributed by atoms with Crippen molar-refractivity contribution in [2.75, 3.05) is 0 Å². The lowest BCUT2D eigenvalue weighted by molar-refractivity contribution is -0.123. The van der Waals surface area contributed by atoms with Crippen molar-refractivity contribution in [2.45, 2.75) is 90.4 Å². The lowest BCUT2D eigenvalue weighted by atomic mass is 9.62. The molecule has 0 aromatic heterocycles. The smallest absolute Gasteiger partial charge is 0.133 e. The second-order valence-corrected chi connectivity index (χ2v) is 8.30. The molecule has 3 fully saturated rings. The Morgan fingerprint density at radius 3 is 2.29 bits per heavy atom. The molecule has 1 nitrogen and oxygen atoms in total. The van der Waals surface area contributed by atoms with Crippen LogP contribution >= 0.6 is 0 Å². The molecule has 0 heterocycles. The minimum Gasteiger partial charge on any atom is -0.300 e. The maximum atomic E-state index is 11.6. The summed E-state index contributed by atoms with van der Waals surface area (Å²) in [6, 6.07) is 0. The number of hydrogen-bond donors (Lipinski definition) is 0. The van der Waals surface area contributed by atoms with Crippen molar-refractivity contribution >= 4 is 5.78 Å². The molecule has 3 saturated carbocycles. The number of rotatable bonds is 4. The second-order valence-electron chi connectivity index (χ2n) is 8.30. The number of hydrogen-bond acceptors (Lipinski definition) is 1. The summed E-state index contributed by atoms with van der Waals surface area (Å²) < 4.78 is 0. The largest absolute Gasteiger partial charge is 0.300 e. The molecule has 3 rings (SSSR count). The van der Waals surface area contributed by atoms with E-state index in [9.17, 15) is 4.79 Å². The predicted molar refractivity (Wildman–Crippen MR) is 88.2 cm³/mol. The number of unbranched alkanes of at least 4 members (excludes halogenated alkanes) is 1. The monoisotopic (exact) mass is 290 g/mol. The molecular weight excluding hydrogens is 256 g/mol. The summed E-state index contributed by atoms with van der Waals surface area (Å²) in [4.78, 5) is 11.6. The molecular formula is C20H34O. The molecule has 3 aliphatic carbocycles. The molecule has 0 radical (unpaired) electrons. The van der Waals surface area contributed by atoms with E-state index in [1.54, 1.807) is 0 Å². The summed E-state index contributed by atoms with van der Waals surface area (Å²) >= 11 is 0. The van der Waals surface area contributed by atoms with Crippen molar-refractivity contribution in [2.24, 2.45) is 29.6 Å². The highest BCUT2D eigenvalue weighted by atomic mass is 16.1. The van der Waals surface area contributed by atoms with E-state index < -0.39 is 0 Å².